The van der Waals surface area contributed by atoms with E-state index in [9.17, 15) is 4.79 Å². The second-order valence-corrected chi connectivity index (χ2v) is 16.4. The van der Waals surface area contributed by atoms with E-state index >= 15 is 0 Å². The minimum absolute atomic E-state index is 0.124. The molecule has 7 aromatic carbocycles. The first-order valence-electron chi connectivity index (χ1n) is 21.2. The highest BCUT2D eigenvalue weighted by Gasteiger charge is 2.43. The van der Waals surface area contributed by atoms with Crippen LogP contribution >= 0.6 is 0 Å². The van der Waals surface area contributed by atoms with Crippen molar-refractivity contribution in [2.75, 3.05) is 13.7 Å². The van der Waals surface area contributed by atoms with Crippen molar-refractivity contribution < 1.29 is 23.2 Å². The maximum atomic E-state index is 14.5. The number of pyridine rings is 2. The molecule has 5 heteroatoms. The molecule has 2 aliphatic heterocycles. The average molecular weight is 789 g/mol. The second kappa shape index (κ2) is 14.1. The Labute approximate surface area is 354 Å². The van der Waals surface area contributed by atoms with Gasteiger partial charge in [0.2, 0.25) is 23.0 Å². The molecule has 290 valence electrons. The molecule has 3 atom stereocenters. The van der Waals surface area contributed by atoms with Crippen LogP contribution < -0.4 is 9.13 Å². The van der Waals surface area contributed by atoms with Gasteiger partial charge in [0.1, 0.15) is 7.05 Å². The van der Waals surface area contributed by atoms with E-state index < -0.39 is 6.04 Å². The molecule has 3 unspecified atom stereocenters. The monoisotopic (exact) mass is 788 g/mol. The number of carbonyl (C=O) groups excluding carboxylic acids is 1. The Morgan fingerprint density at radius 1 is 0.574 bits per heavy atom. The van der Waals surface area contributed by atoms with E-state index in [-0.39, 0.29) is 24.5 Å². The summed E-state index contributed by atoms with van der Waals surface area (Å²) < 4.78 is 13.3. The van der Waals surface area contributed by atoms with Crippen molar-refractivity contribution >= 4 is 54.9 Å². The molecule has 0 N–H and O–H groups in total. The van der Waals surface area contributed by atoms with E-state index in [1.807, 2.05) is 24.4 Å². The molecule has 1 aliphatic carbocycles. The number of fused-ring (bicyclic) bond motifs is 16. The third-order valence-corrected chi connectivity index (χ3v) is 13.3. The molecule has 0 amide bonds. The zero-order chi connectivity index (χ0) is 40.6. The van der Waals surface area contributed by atoms with Crippen molar-refractivity contribution in [2.24, 2.45) is 0 Å². The fraction of sp³-hybridized carbons (Fsp3) is 0.107. The predicted molar refractivity (Wildman–Crippen MR) is 243 cm³/mol. The summed E-state index contributed by atoms with van der Waals surface area (Å²) in [6.45, 7) is 0.709. The Morgan fingerprint density at radius 3 is 2.08 bits per heavy atom. The molecule has 0 spiro atoms. The third kappa shape index (κ3) is 5.40. The molecule has 0 saturated heterocycles. The summed E-state index contributed by atoms with van der Waals surface area (Å²) in [6, 6.07) is 58.5. The molecule has 12 rings (SSSR count). The van der Waals surface area contributed by atoms with Crippen LogP contribution in [-0.2, 0) is 11.3 Å². The number of nitrogens with zero attached hydrogens (tertiary/aromatic N) is 3. The zero-order valence-electron chi connectivity index (χ0n) is 33.8. The van der Waals surface area contributed by atoms with Gasteiger partial charge in [-0.25, -0.2) is 9.37 Å². The number of aromatic nitrogens is 2. The topological polar surface area (TPSA) is 37.1 Å². The van der Waals surface area contributed by atoms with Gasteiger partial charge < -0.3 is 4.74 Å². The van der Waals surface area contributed by atoms with E-state index in [4.69, 9.17) is 4.74 Å². The average Bonchev–Trinajstić information content (AvgIpc) is 3.33. The van der Waals surface area contributed by atoms with Gasteiger partial charge in [0.05, 0.1) is 33.4 Å². The van der Waals surface area contributed by atoms with Gasteiger partial charge in [0.25, 0.3) is 5.69 Å². The van der Waals surface area contributed by atoms with Gasteiger partial charge in [-0.3, -0.25) is 0 Å². The summed E-state index contributed by atoms with van der Waals surface area (Å²) in [6.07, 6.45) is 11.1. The lowest BCUT2D eigenvalue weighted by molar-refractivity contribution is -0.707. The number of likely N-dealkylation sites (N-methyl/N-ethyl adjacent to an activating group) is 1. The summed E-state index contributed by atoms with van der Waals surface area (Å²) in [5.74, 6) is -0.148. The highest BCUT2D eigenvalue weighted by molar-refractivity contribution is 6.21. The number of hydrogen-bond acceptors (Lipinski definition) is 2. The van der Waals surface area contributed by atoms with Crippen molar-refractivity contribution in [1.29, 1.82) is 0 Å². The van der Waals surface area contributed by atoms with Crippen molar-refractivity contribution in [2.45, 2.75) is 24.5 Å². The van der Waals surface area contributed by atoms with Gasteiger partial charge in [-0.05, 0) is 69.6 Å². The van der Waals surface area contributed by atoms with E-state index in [0.717, 1.165) is 38.9 Å². The standard InChI is InChI=1S/C56H42N3O2/c1-57-48-26-12-10-24-44(48)51-38-18-4-2-16-36(38)29-31-46(51)53(57)40-20-6-7-21-41(40)54-42-22-8-9-23-43(42)55-47-32-30-37-17-3-5-19-39(37)52(47)45-25-11-13-27-49(45)59(55)34-35-61-56(60)50-28-14-15-33-58(50)54/h2-33,44,48,54H,34-35H2,1H3/q+3. The number of benzene rings is 7. The third-order valence-electron chi connectivity index (χ3n) is 13.3. The van der Waals surface area contributed by atoms with Gasteiger partial charge in [0, 0.05) is 34.7 Å². The van der Waals surface area contributed by atoms with Crippen LogP contribution in [0.15, 0.2) is 194 Å². The van der Waals surface area contributed by atoms with Crippen molar-refractivity contribution in [1.82, 2.24) is 0 Å². The highest BCUT2D eigenvalue weighted by Crippen LogP contribution is 2.43. The first kappa shape index (κ1) is 35.4. The molecule has 0 fully saturated rings. The SMILES string of the molecule is C[N+]1=C(c2ccccc2C2c3ccccc3-c3c4ccc5ccccc5c4c4ccccc4[n+]3CCOC(=O)c3cccc[n+]32)c2ccc3ccccc3c2C2C=CC=CC21. The number of cyclic esters (lactones) is 1. The molecule has 0 radical (unpaired) electrons. The summed E-state index contributed by atoms with van der Waals surface area (Å²) in [4.78, 5) is 14.5. The Morgan fingerprint density at radius 2 is 1.23 bits per heavy atom. The summed E-state index contributed by atoms with van der Waals surface area (Å²) >= 11 is 0. The number of esters is 1. The van der Waals surface area contributed by atoms with E-state index in [1.54, 1.807) is 0 Å². The molecule has 5 nitrogen and oxygen atoms in total. The number of para-hydroxylation sites is 1. The van der Waals surface area contributed by atoms with Crippen LogP contribution in [0.2, 0.25) is 0 Å². The lowest BCUT2D eigenvalue weighted by Crippen LogP contribution is -2.47. The van der Waals surface area contributed by atoms with Crippen molar-refractivity contribution in [3.05, 3.63) is 228 Å². The quantitative estimate of drug-likeness (QED) is 0.0994. The largest absolute Gasteiger partial charge is 0.451 e. The zero-order valence-corrected chi connectivity index (χ0v) is 33.8. The van der Waals surface area contributed by atoms with Gasteiger partial charge >= 0.3 is 5.97 Å². The van der Waals surface area contributed by atoms with E-state index in [2.05, 4.69) is 191 Å². The van der Waals surface area contributed by atoms with Crippen LogP contribution in [0.4, 0.5) is 0 Å². The Kier molecular flexibility index (Phi) is 8.17. The number of ether oxygens (including phenoxy) is 1. The van der Waals surface area contributed by atoms with Crippen molar-refractivity contribution in [3.63, 3.8) is 0 Å². The van der Waals surface area contributed by atoms with Gasteiger partial charge in [-0.1, -0.05) is 127 Å². The molecule has 9 aromatic rings. The fourth-order valence-electron chi connectivity index (χ4n) is 10.8. The number of allylic oxidation sites excluding steroid dienone is 2. The van der Waals surface area contributed by atoms with Crippen molar-refractivity contribution in [3.8, 4) is 11.3 Å². The molecule has 2 aromatic heterocycles. The smallest absolute Gasteiger partial charge is 0.403 e. The number of hydrogen-bond donors (Lipinski definition) is 0. The van der Waals surface area contributed by atoms with E-state index in [0.29, 0.717) is 12.2 Å². The van der Waals surface area contributed by atoms with Crippen LogP contribution in [-0.4, -0.2) is 36.0 Å². The lowest BCUT2D eigenvalue weighted by atomic mass is 9.76. The highest BCUT2D eigenvalue weighted by atomic mass is 16.5. The molecular weight excluding hydrogens is 747 g/mol. The molecule has 61 heavy (non-hydrogen) atoms. The predicted octanol–water partition coefficient (Wildman–Crippen LogP) is 10.4. The summed E-state index contributed by atoms with van der Waals surface area (Å²) in [5.41, 5.74) is 10.9. The molecular formula is C56H42N3O2+3. The summed E-state index contributed by atoms with van der Waals surface area (Å²) in [7, 11) is 2.24. The normalized spacial score (nSPS) is 18.2. The molecule has 0 bridgehead atoms. The van der Waals surface area contributed by atoms with E-state index in [1.165, 1.54) is 49.2 Å². The van der Waals surface area contributed by atoms with Gasteiger partial charge in [-0.15, -0.1) is 0 Å². The van der Waals surface area contributed by atoms with Gasteiger partial charge in [-0.2, -0.15) is 9.13 Å². The first-order chi connectivity index (χ1) is 30.2. The van der Waals surface area contributed by atoms with Crippen LogP contribution in [0, 0.1) is 0 Å². The Hall–Kier alpha value is -7.50. The Bertz CT molecular complexity index is 3410. The Balaban J connectivity index is 1.19. The fourth-order valence-corrected chi connectivity index (χ4v) is 10.8. The van der Waals surface area contributed by atoms with Crippen LogP contribution in [0.25, 0.3) is 54.5 Å². The van der Waals surface area contributed by atoms with Crippen LogP contribution in [0.5, 0.6) is 0 Å². The minimum Gasteiger partial charge on any atom is -0.451 e. The number of rotatable bonds is 2. The maximum absolute atomic E-state index is 14.5. The minimum atomic E-state index is -0.422. The second-order valence-electron chi connectivity index (χ2n) is 16.4. The van der Waals surface area contributed by atoms with Gasteiger partial charge in [0.15, 0.2) is 25.4 Å². The maximum Gasteiger partial charge on any atom is 0.403 e. The van der Waals surface area contributed by atoms with Crippen LogP contribution in [0.3, 0.4) is 0 Å². The molecule has 0 saturated carbocycles. The first-order valence-corrected chi connectivity index (χ1v) is 21.2. The molecule has 3 aliphatic rings. The summed E-state index contributed by atoms with van der Waals surface area (Å²) in [5, 5.41) is 8.49. The molecule has 4 heterocycles. The number of carbonyl (C=O) groups is 1. The van der Waals surface area contributed by atoms with Crippen LogP contribution in [0.1, 0.15) is 50.3 Å². The lowest BCUT2D eigenvalue weighted by Gasteiger charge is -2.31.